The highest BCUT2D eigenvalue weighted by Gasteiger charge is 2.38. The summed E-state index contributed by atoms with van der Waals surface area (Å²) >= 11 is 0. The van der Waals surface area contributed by atoms with Crippen molar-refractivity contribution in [3.8, 4) is 0 Å². The largest absolute Gasteiger partial charge is 0.324 e. The zero-order chi connectivity index (χ0) is 10.7. The molecule has 1 aliphatic carbocycles. The van der Waals surface area contributed by atoms with Crippen LogP contribution < -0.4 is 5.73 Å². The smallest absolute Gasteiger partial charge is 0.0284 e. The molecule has 1 aliphatic rings. The summed E-state index contributed by atoms with van der Waals surface area (Å²) in [6.07, 6.45) is 7.15. The number of hydrogen-bond donors (Lipinski definition) is 1. The van der Waals surface area contributed by atoms with Gasteiger partial charge in [0.1, 0.15) is 0 Å². The third kappa shape index (κ3) is 3.29. The second-order valence-electron chi connectivity index (χ2n) is 4.71. The Balaban J connectivity index is 1.73. The second kappa shape index (κ2) is 4.29. The van der Waals surface area contributed by atoms with Crippen LogP contribution in [-0.4, -0.2) is 35.6 Å². The first kappa shape index (κ1) is 10.6. The SMILES string of the molecule is CN(CCc1ccncc1)CC1(N)CC1. The minimum Gasteiger partial charge on any atom is -0.324 e. The molecule has 0 unspecified atom stereocenters. The molecular formula is C12H19N3. The van der Waals surface area contributed by atoms with E-state index in [9.17, 15) is 0 Å². The van der Waals surface area contributed by atoms with Gasteiger partial charge in [0, 0.05) is 31.0 Å². The molecule has 3 heteroatoms. The summed E-state index contributed by atoms with van der Waals surface area (Å²) in [7, 11) is 2.15. The molecule has 2 rings (SSSR count). The molecule has 0 aliphatic heterocycles. The number of rotatable bonds is 5. The molecule has 1 saturated carbocycles. The van der Waals surface area contributed by atoms with Crippen molar-refractivity contribution >= 4 is 0 Å². The zero-order valence-corrected chi connectivity index (χ0v) is 9.32. The predicted molar refractivity (Wildman–Crippen MR) is 61.6 cm³/mol. The van der Waals surface area contributed by atoms with Crippen LogP contribution in [0, 0.1) is 0 Å². The van der Waals surface area contributed by atoms with Crippen LogP contribution in [0.1, 0.15) is 18.4 Å². The van der Waals surface area contributed by atoms with Crippen LogP contribution in [0.25, 0.3) is 0 Å². The van der Waals surface area contributed by atoms with Gasteiger partial charge in [-0.15, -0.1) is 0 Å². The summed E-state index contributed by atoms with van der Waals surface area (Å²) < 4.78 is 0. The van der Waals surface area contributed by atoms with Gasteiger partial charge in [0.2, 0.25) is 0 Å². The maximum absolute atomic E-state index is 6.06. The number of nitrogens with two attached hydrogens (primary N) is 1. The Labute approximate surface area is 91.3 Å². The van der Waals surface area contributed by atoms with Crippen LogP contribution in [0.15, 0.2) is 24.5 Å². The van der Waals surface area contributed by atoms with Gasteiger partial charge in [-0.3, -0.25) is 4.98 Å². The third-order valence-electron chi connectivity index (χ3n) is 3.01. The van der Waals surface area contributed by atoms with Gasteiger partial charge in [-0.05, 0) is 44.0 Å². The minimum atomic E-state index is 0.132. The molecule has 3 nitrogen and oxygen atoms in total. The summed E-state index contributed by atoms with van der Waals surface area (Å²) in [5.41, 5.74) is 7.54. The van der Waals surface area contributed by atoms with Crippen LogP contribution in [0.2, 0.25) is 0 Å². The fourth-order valence-corrected chi connectivity index (χ4v) is 1.80. The highest BCUT2D eigenvalue weighted by Crippen LogP contribution is 2.32. The Morgan fingerprint density at radius 2 is 2.07 bits per heavy atom. The zero-order valence-electron chi connectivity index (χ0n) is 9.32. The first-order valence-corrected chi connectivity index (χ1v) is 5.54. The van der Waals surface area contributed by atoms with Gasteiger partial charge in [0.25, 0.3) is 0 Å². The summed E-state index contributed by atoms with van der Waals surface area (Å²) in [5.74, 6) is 0. The molecule has 1 aromatic heterocycles. The van der Waals surface area contributed by atoms with Gasteiger partial charge in [0.15, 0.2) is 0 Å². The Kier molecular flexibility index (Phi) is 3.03. The highest BCUT2D eigenvalue weighted by molar-refractivity contribution is 5.10. The van der Waals surface area contributed by atoms with Crippen molar-refractivity contribution in [2.75, 3.05) is 20.1 Å². The third-order valence-corrected chi connectivity index (χ3v) is 3.01. The fraction of sp³-hybridized carbons (Fsp3) is 0.583. The standard InChI is InChI=1S/C12H19N3/c1-15(10-12(13)5-6-12)9-4-11-2-7-14-8-3-11/h2-3,7-8H,4-6,9-10,13H2,1H3. The van der Waals surface area contributed by atoms with Gasteiger partial charge in [-0.1, -0.05) is 0 Å². The van der Waals surface area contributed by atoms with Crippen molar-refractivity contribution in [2.24, 2.45) is 5.73 Å². The van der Waals surface area contributed by atoms with Crippen molar-refractivity contribution in [3.63, 3.8) is 0 Å². The minimum absolute atomic E-state index is 0.132. The quantitative estimate of drug-likeness (QED) is 0.781. The van der Waals surface area contributed by atoms with E-state index >= 15 is 0 Å². The van der Waals surface area contributed by atoms with Crippen LogP contribution in [-0.2, 0) is 6.42 Å². The van der Waals surface area contributed by atoms with Gasteiger partial charge in [-0.2, -0.15) is 0 Å². The monoisotopic (exact) mass is 205 g/mol. The van der Waals surface area contributed by atoms with Gasteiger partial charge >= 0.3 is 0 Å². The lowest BCUT2D eigenvalue weighted by Gasteiger charge is -2.20. The number of hydrogen-bond acceptors (Lipinski definition) is 3. The van der Waals surface area contributed by atoms with E-state index in [1.165, 1.54) is 18.4 Å². The van der Waals surface area contributed by atoms with Crippen LogP contribution in [0.4, 0.5) is 0 Å². The van der Waals surface area contributed by atoms with Crippen LogP contribution >= 0.6 is 0 Å². The van der Waals surface area contributed by atoms with Crippen molar-refractivity contribution in [3.05, 3.63) is 30.1 Å². The maximum atomic E-state index is 6.06. The molecule has 1 heterocycles. The predicted octanol–water partition coefficient (Wildman–Crippen LogP) is 1.05. The van der Waals surface area contributed by atoms with E-state index in [4.69, 9.17) is 5.73 Å². The lowest BCUT2D eigenvalue weighted by molar-refractivity contribution is 0.306. The Bertz CT molecular complexity index is 306. The number of likely N-dealkylation sites (N-methyl/N-ethyl adjacent to an activating group) is 1. The molecule has 0 atom stereocenters. The fourth-order valence-electron chi connectivity index (χ4n) is 1.80. The van der Waals surface area contributed by atoms with Crippen molar-refractivity contribution < 1.29 is 0 Å². The lowest BCUT2D eigenvalue weighted by Crippen LogP contribution is -2.38. The number of aromatic nitrogens is 1. The molecule has 0 aromatic carbocycles. The summed E-state index contributed by atoms with van der Waals surface area (Å²) in [5, 5.41) is 0. The van der Waals surface area contributed by atoms with Gasteiger partial charge in [-0.25, -0.2) is 0 Å². The molecule has 15 heavy (non-hydrogen) atoms. The average molecular weight is 205 g/mol. The van der Waals surface area contributed by atoms with Gasteiger partial charge < -0.3 is 10.6 Å². The molecule has 2 N–H and O–H groups in total. The maximum Gasteiger partial charge on any atom is 0.0284 e. The number of pyridine rings is 1. The second-order valence-corrected chi connectivity index (χ2v) is 4.71. The topological polar surface area (TPSA) is 42.2 Å². The van der Waals surface area contributed by atoms with Crippen LogP contribution in [0.5, 0.6) is 0 Å². The Morgan fingerprint density at radius 3 is 2.67 bits per heavy atom. The number of nitrogens with zero attached hydrogens (tertiary/aromatic N) is 2. The van der Waals surface area contributed by atoms with E-state index in [1.54, 1.807) is 0 Å². The molecule has 0 bridgehead atoms. The normalized spacial score (nSPS) is 18.1. The molecule has 0 spiro atoms. The van der Waals surface area contributed by atoms with E-state index in [0.29, 0.717) is 0 Å². The molecule has 0 radical (unpaired) electrons. The lowest BCUT2D eigenvalue weighted by atomic mass is 10.2. The average Bonchev–Trinajstić information content (AvgIpc) is 2.95. The van der Waals surface area contributed by atoms with Crippen LogP contribution in [0.3, 0.4) is 0 Å². The molecule has 0 amide bonds. The molecule has 82 valence electrons. The van der Waals surface area contributed by atoms with E-state index < -0.39 is 0 Å². The van der Waals surface area contributed by atoms with E-state index in [0.717, 1.165) is 19.5 Å². The molecule has 1 fully saturated rings. The van der Waals surface area contributed by atoms with Crippen molar-refractivity contribution in [1.29, 1.82) is 0 Å². The van der Waals surface area contributed by atoms with E-state index in [2.05, 4.69) is 29.1 Å². The van der Waals surface area contributed by atoms with Crippen molar-refractivity contribution in [2.45, 2.75) is 24.8 Å². The summed E-state index contributed by atoms with van der Waals surface area (Å²) in [6, 6.07) is 4.15. The molecule has 1 aromatic rings. The first-order valence-electron chi connectivity index (χ1n) is 5.54. The van der Waals surface area contributed by atoms with E-state index in [-0.39, 0.29) is 5.54 Å². The first-order chi connectivity index (χ1) is 7.18. The molecular weight excluding hydrogens is 186 g/mol. The highest BCUT2D eigenvalue weighted by atomic mass is 15.1. The van der Waals surface area contributed by atoms with Crippen molar-refractivity contribution in [1.82, 2.24) is 9.88 Å². The Hall–Kier alpha value is -0.930. The molecule has 0 saturated heterocycles. The summed E-state index contributed by atoms with van der Waals surface area (Å²) in [4.78, 5) is 6.34. The summed E-state index contributed by atoms with van der Waals surface area (Å²) in [6.45, 7) is 2.10. The van der Waals surface area contributed by atoms with Gasteiger partial charge in [0.05, 0.1) is 0 Å². The Morgan fingerprint density at radius 1 is 1.40 bits per heavy atom. The van der Waals surface area contributed by atoms with E-state index in [1.807, 2.05) is 12.4 Å².